The summed E-state index contributed by atoms with van der Waals surface area (Å²) in [4.78, 5) is 36.0. The number of halogens is 2. The lowest BCUT2D eigenvalue weighted by Gasteiger charge is -2.26. The molecular weight excluding hydrogens is 557 g/mol. The van der Waals surface area contributed by atoms with Gasteiger partial charge in [0.2, 0.25) is 5.91 Å². The van der Waals surface area contributed by atoms with Crippen LogP contribution in [0.15, 0.2) is 49.3 Å². The van der Waals surface area contributed by atoms with Crippen molar-refractivity contribution in [3.05, 3.63) is 70.5 Å². The van der Waals surface area contributed by atoms with Crippen LogP contribution in [0.3, 0.4) is 0 Å². The molecule has 1 aliphatic rings. The van der Waals surface area contributed by atoms with Crippen LogP contribution < -0.4 is 21.1 Å². The molecule has 0 radical (unpaired) electrons. The molecule has 1 saturated heterocycles. The second kappa shape index (κ2) is 12.4. The maximum absolute atomic E-state index is 11.9. The van der Waals surface area contributed by atoms with Crippen molar-refractivity contribution in [3.8, 4) is 17.0 Å². The summed E-state index contributed by atoms with van der Waals surface area (Å²) in [5, 5.41) is 6.45. The van der Waals surface area contributed by atoms with Crippen LogP contribution in [-0.4, -0.2) is 69.1 Å². The van der Waals surface area contributed by atoms with Gasteiger partial charge in [0.15, 0.2) is 0 Å². The lowest BCUT2D eigenvalue weighted by molar-refractivity contribution is 0.0341. The highest BCUT2D eigenvalue weighted by atomic mass is 35.5. The van der Waals surface area contributed by atoms with Gasteiger partial charge in [-0.1, -0.05) is 29.3 Å². The number of nitrogens with two attached hydrogens (primary N) is 1. The van der Waals surface area contributed by atoms with Crippen LogP contribution in [0.5, 0.6) is 5.75 Å². The summed E-state index contributed by atoms with van der Waals surface area (Å²) in [6, 6.07) is 7.04. The lowest BCUT2D eigenvalue weighted by atomic mass is 10.1. The summed E-state index contributed by atoms with van der Waals surface area (Å²) in [7, 11) is 1.42. The number of carbonyl (C=O) groups is 1. The number of amides is 1. The Balaban J connectivity index is 1.38. The summed E-state index contributed by atoms with van der Waals surface area (Å²) < 4.78 is 10.7. The summed E-state index contributed by atoms with van der Waals surface area (Å²) >= 11 is 13.0. The molecule has 1 aliphatic heterocycles. The molecule has 0 spiro atoms. The zero-order valence-corrected chi connectivity index (χ0v) is 22.9. The number of nitrogens with zero attached hydrogens (tertiary/aromatic N) is 6. The van der Waals surface area contributed by atoms with E-state index in [1.165, 1.54) is 25.8 Å². The fraction of sp³-hybridized carbons (Fsp3) is 0.231. The Bertz CT molecular complexity index is 1520. The van der Waals surface area contributed by atoms with Gasteiger partial charge < -0.3 is 25.8 Å². The molecule has 4 heterocycles. The van der Waals surface area contributed by atoms with Crippen LogP contribution in [-0.2, 0) is 11.3 Å². The van der Waals surface area contributed by atoms with Crippen molar-refractivity contribution in [1.82, 2.24) is 29.8 Å². The fourth-order valence-electron chi connectivity index (χ4n) is 4.10. The van der Waals surface area contributed by atoms with Crippen LogP contribution in [0.1, 0.15) is 15.9 Å². The first-order valence-corrected chi connectivity index (χ1v) is 13.0. The minimum Gasteiger partial charge on any atom is -0.495 e. The number of rotatable bonds is 9. The molecule has 5 rings (SSSR count). The summed E-state index contributed by atoms with van der Waals surface area (Å²) in [5.74, 6) is 0.960. The minimum atomic E-state index is -0.736. The van der Waals surface area contributed by atoms with Crippen LogP contribution in [0.2, 0.25) is 10.0 Å². The molecule has 4 aromatic rings. The van der Waals surface area contributed by atoms with E-state index in [4.69, 9.17) is 38.4 Å². The number of morpholine rings is 1. The second-order valence-corrected chi connectivity index (χ2v) is 9.51. The largest absolute Gasteiger partial charge is 0.495 e. The number of hydrogen-bond donors (Lipinski definition) is 3. The number of hydrogen-bond acceptors (Lipinski definition) is 11. The number of carbonyl (C=O) groups excluding carboxylic acids is 1. The highest BCUT2D eigenvalue weighted by molar-refractivity contribution is 6.42. The Morgan fingerprint density at radius 3 is 2.58 bits per heavy atom. The van der Waals surface area contributed by atoms with Gasteiger partial charge in [0.25, 0.3) is 0 Å². The predicted molar refractivity (Wildman–Crippen MR) is 151 cm³/mol. The molecule has 4 N–H and O–H groups in total. The van der Waals surface area contributed by atoms with Gasteiger partial charge in [-0.2, -0.15) is 0 Å². The number of pyridine rings is 1. The van der Waals surface area contributed by atoms with Crippen molar-refractivity contribution in [1.29, 1.82) is 0 Å². The van der Waals surface area contributed by atoms with E-state index in [0.29, 0.717) is 28.7 Å². The number of aromatic nitrogens is 5. The Morgan fingerprint density at radius 1 is 1.02 bits per heavy atom. The highest BCUT2D eigenvalue weighted by Gasteiger charge is 2.21. The van der Waals surface area contributed by atoms with E-state index in [1.807, 2.05) is 18.3 Å². The van der Waals surface area contributed by atoms with Crippen LogP contribution >= 0.6 is 23.2 Å². The molecular formula is C26H25Cl2N9O3. The quantitative estimate of drug-likeness (QED) is 0.262. The van der Waals surface area contributed by atoms with Gasteiger partial charge in [0.05, 0.1) is 47.9 Å². The van der Waals surface area contributed by atoms with Gasteiger partial charge in [-0.15, -0.1) is 0 Å². The van der Waals surface area contributed by atoms with Crippen molar-refractivity contribution in [3.63, 3.8) is 0 Å². The van der Waals surface area contributed by atoms with Crippen molar-refractivity contribution >= 4 is 52.3 Å². The van der Waals surface area contributed by atoms with Gasteiger partial charge in [-0.05, 0) is 17.7 Å². The van der Waals surface area contributed by atoms with Crippen molar-refractivity contribution in [2.45, 2.75) is 6.54 Å². The third-order valence-corrected chi connectivity index (χ3v) is 6.91. The second-order valence-electron chi connectivity index (χ2n) is 8.76. The van der Waals surface area contributed by atoms with Gasteiger partial charge in [-0.3, -0.25) is 9.69 Å². The first-order chi connectivity index (χ1) is 19.4. The molecule has 0 unspecified atom stereocenters. The normalized spacial score (nSPS) is 13.6. The minimum absolute atomic E-state index is 0.0241. The third kappa shape index (κ3) is 6.20. The molecule has 0 bridgehead atoms. The van der Waals surface area contributed by atoms with Gasteiger partial charge >= 0.3 is 0 Å². The van der Waals surface area contributed by atoms with Crippen molar-refractivity contribution < 1.29 is 14.3 Å². The summed E-state index contributed by atoms with van der Waals surface area (Å²) in [6.07, 6.45) is 6.19. The summed E-state index contributed by atoms with van der Waals surface area (Å²) in [5.41, 5.74) is 7.88. The standard InChI is InChI=1S/C26H25Cl2N9O3/c1-39-19-8-16(25(29)38)22(27)24(23(19)28)36-26-17(11-30-13-34-26)18-9-21(33-14-32-18)35-20-3-2-15(10-31-20)12-37-4-6-40-7-5-37/h2-3,8-11,13-14H,4-7,12H2,1H3,(H2,29,38)(H,30,34,36)(H,31,32,33,35). The molecule has 1 aromatic carbocycles. The Morgan fingerprint density at radius 2 is 1.85 bits per heavy atom. The van der Waals surface area contributed by atoms with E-state index >= 15 is 0 Å². The molecule has 12 nitrogen and oxygen atoms in total. The van der Waals surface area contributed by atoms with Gasteiger partial charge in [0, 0.05) is 38.1 Å². The Hall–Kier alpha value is -4.10. The number of ether oxygens (including phenoxy) is 2. The molecule has 0 aliphatic carbocycles. The van der Waals surface area contributed by atoms with Crippen LogP contribution in [0.25, 0.3) is 11.3 Å². The summed E-state index contributed by atoms with van der Waals surface area (Å²) in [6.45, 7) is 4.14. The maximum atomic E-state index is 11.9. The van der Waals surface area contributed by atoms with Crippen molar-refractivity contribution in [2.24, 2.45) is 5.73 Å². The number of benzene rings is 1. The first-order valence-electron chi connectivity index (χ1n) is 12.2. The molecule has 0 saturated carbocycles. The topological polar surface area (TPSA) is 153 Å². The Labute approximate surface area is 239 Å². The molecule has 3 aromatic heterocycles. The molecule has 14 heteroatoms. The lowest BCUT2D eigenvalue weighted by Crippen LogP contribution is -2.35. The number of methoxy groups -OCH3 is 1. The molecule has 40 heavy (non-hydrogen) atoms. The zero-order valence-electron chi connectivity index (χ0n) is 21.4. The molecule has 1 fully saturated rings. The molecule has 0 atom stereocenters. The van der Waals surface area contributed by atoms with Gasteiger partial charge in [-0.25, -0.2) is 24.9 Å². The molecule has 206 valence electrons. The predicted octanol–water partition coefficient (Wildman–Crippen LogP) is 4.06. The van der Waals surface area contributed by atoms with E-state index in [-0.39, 0.29) is 27.0 Å². The Kier molecular flexibility index (Phi) is 8.51. The molecule has 1 amide bonds. The van der Waals surface area contributed by atoms with E-state index in [2.05, 4.69) is 40.5 Å². The average molecular weight is 582 g/mol. The first kappa shape index (κ1) is 27.5. The maximum Gasteiger partial charge on any atom is 0.250 e. The smallest absolute Gasteiger partial charge is 0.250 e. The monoisotopic (exact) mass is 581 g/mol. The number of primary amides is 1. The zero-order chi connectivity index (χ0) is 28.1. The number of anilines is 4. The van der Waals surface area contributed by atoms with Gasteiger partial charge in [0.1, 0.15) is 40.9 Å². The van der Waals surface area contributed by atoms with Crippen LogP contribution in [0.4, 0.5) is 23.1 Å². The van der Waals surface area contributed by atoms with E-state index in [0.717, 1.165) is 38.4 Å². The third-order valence-electron chi connectivity index (χ3n) is 6.14. The van der Waals surface area contributed by atoms with E-state index in [9.17, 15) is 4.79 Å². The number of nitrogens with one attached hydrogen (secondary N) is 2. The van der Waals surface area contributed by atoms with Crippen molar-refractivity contribution in [2.75, 3.05) is 44.0 Å². The fourth-order valence-corrected chi connectivity index (χ4v) is 4.71. The van der Waals surface area contributed by atoms with E-state index in [1.54, 1.807) is 12.3 Å². The SMILES string of the molecule is COc1cc(C(N)=O)c(Cl)c(Nc2ncncc2-c2cc(Nc3ccc(CN4CCOCC4)cn3)ncn2)c1Cl. The van der Waals surface area contributed by atoms with Crippen LogP contribution in [0, 0.1) is 0 Å². The van der Waals surface area contributed by atoms with E-state index < -0.39 is 5.91 Å². The average Bonchev–Trinajstić information content (AvgIpc) is 2.97. The highest BCUT2D eigenvalue weighted by Crippen LogP contribution is 2.42.